The highest BCUT2D eigenvalue weighted by atomic mass is 16.6. The number of hydrogen-bond acceptors (Lipinski definition) is 6. The van der Waals surface area contributed by atoms with Crippen molar-refractivity contribution in [3.8, 4) is 0 Å². The van der Waals surface area contributed by atoms with E-state index in [4.69, 9.17) is 9.47 Å². The molecule has 27 heavy (non-hydrogen) atoms. The normalized spacial score (nSPS) is 38.1. The Bertz CT molecular complexity index is 800. The lowest BCUT2D eigenvalue weighted by Crippen LogP contribution is -2.35. The van der Waals surface area contributed by atoms with E-state index in [0.29, 0.717) is 18.4 Å². The number of carbonyl (C=O) groups excluding carboxylic acids is 2. The number of aromatic nitrogens is 1. The molecule has 1 unspecified atom stereocenters. The maximum Gasteiger partial charge on any atom is 0.340 e. The van der Waals surface area contributed by atoms with Gasteiger partial charge >= 0.3 is 11.9 Å². The van der Waals surface area contributed by atoms with Gasteiger partial charge in [-0.25, -0.2) is 4.79 Å². The lowest BCUT2D eigenvalue weighted by atomic mass is 9.81. The van der Waals surface area contributed by atoms with Crippen LogP contribution < -0.4 is 0 Å². The number of aliphatic hydroxyl groups is 1. The average molecular weight is 371 g/mol. The number of pyridine rings is 1. The van der Waals surface area contributed by atoms with Gasteiger partial charge in [0.2, 0.25) is 0 Å². The van der Waals surface area contributed by atoms with Gasteiger partial charge in [-0.15, -0.1) is 0 Å². The molecule has 0 spiro atoms. The Morgan fingerprint density at radius 1 is 1.44 bits per heavy atom. The molecule has 0 radical (unpaired) electrons. The van der Waals surface area contributed by atoms with Crippen molar-refractivity contribution >= 4 is 11.9 Å². The van der Waals surface area contributed by atoms with Crippen LogP contribution in [0.25, 0.3) is 0 Å². The predicted octanol–water partition coefficient (Wildman–Crippen LogP) is 2.67. The first-order valence-corrected chi connectivity index (χ1v) is 9.54. The van der Waals surface area contributed by atoms with Crippen LogP contribution in [0.2, 0.25) is 0 Å². The van der Waals surface area contributed by atoms with E-state index in [-0.39, 0.29) is 29.8 Å². The van der Waals surface area contributed by atoms with Crippen LogP contribution in [0.3, 0.4) is 0 Å². The van der Waals surface area contributed by atoms with Gasteiger partial charge < -0.3 is 14.6 Å². The monoisotopic (exact) mass is 371 g/mol. The summed E-state index contributed by atoms with van der Waals surface area (Å²) in [4.78, 5) is 28.6. The Balaban J connectivity index is 1.65. The summed E-state index contributed by atoms with van der Waals surface area (Å²) in [7, 11) is 0. The number of carbonyl (C=O) groups is 2. The summed E-state index contributed by atoms with van der Waals surface area (Å²) < 4.78 is 11.5. The van der Waals surface area contributed by atoms with Gasteiger partial charge in [0.05, 0.1) is 17.1 Å². The molecule has 1 aliphatic heterocycles. The molecule has 4 rings (SSSR count). The number of rotatable bonds is 2. The first-order valence-electron chi connectivity index (χ1n) is 9.54. The maximum absolute atomic E-state index is 12.5. The highest BCUT2D eigenvalue weighted by Crippen LogP contribution is 2.52. The van der Waals surface area contributed by atoms with Crippen LogP contribution in [0, 0.1) is 17.8 Å². The van der Waals surface area contributed by atoms with Gasteiger partial charge in [-0.1, -0.05) is 6.92 Å². The second-order valence-electron chi connectivity index (χ2n) is 8.27. The standard InChI is InChI=1S/C21H25NO5/c1-11-14-6-7-21(3,25)15-9-16(12(2)17(15)18(14)27-19(11)23)26-20(24)13-5-4-8-22-10-13/h4-5,8,10-11,14-16,18,25H,6-7,9H2,1-3H3/t11-,14-,15?,16-,18-,21+/m0/s1. The molecule has 1 saturated carbocycles. The van der Waals surface area contributed by atoms with Gasteiger partial charge in [-0.2, -0.15) is 0 Å². The van der Waals surface area contributed by atoms with Gasteiger partial charge in [0.15, 0.2) is 0 Å². The number of hydrogen-bond donors (Lipinski definition) is 1. The lowest BCUT2D eigenvalue weighted by molar-refractivity contribution is -0.143. The zero-order valence-corrected chi connectivity index (χ0v) is 15.8. The molecule has 6 atom stereocenters. The SMILES string of the molecule is CC1=C2C(C[C@@H]1OC(=O)c1cccnc1)[C@](C)(O)CC[C@H]1[C@H](C)C(=O)O[C@H]21. The summed E-state index contributed by atoms with van der Waals surface area (Å²) in [5, 5.41) is 11.1. The largest absolute Gasteiger partial charge is 0.457 e. The fourth-order valence-corrected chi connectivity index (χ4v) is 4.89. The van der Waals surface area contributed by atoms with Gasteiger partial charge in [-0.05, 0) is 56.4 Å². The topological polar surface area (TPSA) is 85.7 Å². The zero-order chi connectivity index (χ0) is 19.3. The van der Waals surface area contributed by atoms with Crippen molar-refractivity contribution in [3.63, 3.8) is 0 Å². The van der Waals surface area contributed by atoms with Crippen molar-refractivity contribution in [1.82, 2.24) is 4.98 Å². The van der Waals surface area contributed by atoms with Crippen LogP contribution in [-0.2, 0) is 14.3 Å². The highest BCUT2D eigenvalue weighted by molar-refractivity contribution is 5.89. The smallest absolute Gasteiger partial charge is 0.340 e. The first-order chi connectivity index (χ1) is 12.8. The average Bonchev–Trinajstić information content (AvgIpc) is 3.08. The third-order valence-electron chi connectivity index (χ3n) is 6.60. The van der Waals surface area contributed by atoms with Gasteiger partial charge in [0, 0.05) is 24.2 Å². The molecule has 0 aromatic carbocycles. The Morgan fingerprint density at radius 2 is 2.22 bits per heavy atom. The van der Waals surface area contributed by atoms with E-state index in [1.807, 2.05) is 20.8 Å². The van der Waals surface area contributed by atoms with Crippen LogP contribution in [0.1, 0.15) is 50.4 Å². The van der Waals surface area contributed by atoms with Gasteiger partial charge in [0.1, 0.15) is 12.2 Å². The summed E-state index contributed by atoms with van der Waals surface area (Å²) in [5.74, 6) is -0.912. The van der Waals surface area contributed by atoms with Crippen molar-refractivity contribution in [1.29, 1.82) is 0 Å². The summed E-state index contributed by atoms with van der Waals surface area (Å²) in [6.07, 6.45) is 4.17. The van der Waals surface area contributed by atoms with E-state index >= 15 is 0 Å². The van der Waals surface area contributed by atoms with Crippen LogP contribution in [0.5, 0.6) is 0 Å². The summed E-state index contributed by atoms with van der Waals surface area (Å²) in [6, 6.07) is 3.35. The molecule has 3 aliphatic rings. The van der Waals surface area contributed by atoms with E-state index in [2.05, 4.69) is 4.98 Å². The molecule has 144 valence electrons. The van der Waals surface area contributed by atoms with Crippen LogP contribution in [0.4, 0.5) is 0 Å². The minimum absolute atomic E-state index is 0.0618. The van der Waals surface area contributed by atoms with E-state index in [1.54, 1.807) is 18.3 Å². The van der Waals surface area contributed by atoms with Crippen LogP contribution in [-0.4, -0.2) is 39.8 Å². The second kappa shape index (κ2) is 6.44. The quantitative estimate of drug-likeness (QED) is 0.635. The molecule has 6 heteroatoms. The molecule has 2 heterocycles. The number of nitrogens with zero attached hydrogens (tertiary/aromatic N) is 1. The minimum atomic E-state index is -0.914. The summed E-state index contributed by atoms with van der Waals surface area (Å²) >= 11 is 0. The van der Waals surface area contributed by atoms with E-state index in [9.17, 15) is 14.7 Å². The van der Waals surface area contributed by atoms with Gasteiger partial charge in [-0.3, -0.25) is 9.78 Å². The summed E-state index contributed by atoms with van der Waals surface area (Å²) in [5.41, 5.74) is 1.33. The number of ether oxygens (including phenoxy) is 2. The molecule has 0 bridgehead atoms. The molecule has 1 aromatic heterocycles. The van der Waals surface area contributed by atoms with Crippen molar-refractivity contribution in [2.45, 2.75) is 57.8 Å². The third kappa shape index (κ3) is 2.96. The molecular formula is C21H25NO5. The maximum atomic E-state index is 12.5. The Kier molecular flexibility index (Phi) is 4.34. The van der Waals surface area contributed by atoms with Crippen molar-refractivity contribution in [2.75, 3.05) is 0 Å². The molecular weight excluding hydrogens is 346 g/mol. The second-order valence-corrected chi connectivity index (χ2v) is 8.27. The predicted molar refractivity (Wildman–Crippen MR) is 96.6 cm³/mol. The van der Waals surface area contributed by atoms with E-state index in [1.165, 1.54) is 6.20 Å². The van der Waals surface area contributed by atoms with Gasteiger partial charge in [0.25, 0.3) is 0 Å². The van der Waals surface area contributed by atoms with E-state index in [0.717, 1.165) is 17.6 Å². The Hall–Kier alpha value is -2.21. The molecule has 1 saturated heterocycles. The minimum Gasteiger partial charge on any atom is -0.457 e. The molecule has 6 nitrogen and oxygen atoms in total. The molecule has 0 amide bonds. The van der Waals surface area contributed by atoms with Crippen LogP contribution in [0.15, 0.2) is 35.7 Å². The third-order valence-corrected chi connectivity index (χ3v) is 6.60. The van der Waals surface area contributed by atoms with Crippen molar-refractivity contribution in [3.05, 3.63) is 41.2 Å². The fraction of sp³-hybridized carbons (Fsp3) is 0.571. The van der Waals surface area contributed by atoms with Crippen molar-refractivity contribution in [2.24, 2.45) is 17.8 Å². The zero-order valence-electron chi connectivity index (χ0n) is 15.8. The summed E-state index contributed by atoms with van der Waals surface area (Å²) in [6.45, 7) is 5.66. The number of fused-ring (bicyclic) bond motifs is 3. The van der Waals surface area contributed by atoms with Crippen LogP contribution >= 0.6 is 0 Å². The van der Waals surface area contributed by atoms with E-state index < -0.39 is 17.7 Å². The van der Waals surface area contributed by atoms with Crippen molar-refractivity contribution < 1.29 is 24.2 Å². The Morgan fingerprint density at radius 3 is 2.93 bits per heavy atom. The Labute approximate surface area is 158 Å². The molecule has 1 aromatic rings. The number of esters is 2. The first kappa shape index (κ1) is 18.2. The fourth-order valence-electron chi connectivity index (χ4n) is 4.89. The highest BCUT2D eigenvalue weighted by Gasteiger charge is 2.55. The molecule has 2 aliphatic carbocycles. The lowest BCUT2D eigenvalue weighted by Gasteiger charge is -2.31. The molecule has 2 fully saturated rings. The molecule has 1 N–H and O–H groups in total.